The number of rotatable bonds is 34. The number of ether oxygens (including phenoxy) is 2. The van der Waals surface area contributed by atoms with E-state index < -0.39 is 32.5 Å². The fourth-order valence-corrected chi connectivity index (χ4v) is 5.00. The van der Waals surface area contributed by atoms with Crippen LogP contribution in [0.2, 0.25) is 0 Å². The number of carbonyl (C=O) groups is 2. The Hall–Kier alpha value is -3.59. The molecule has 0 aliphatic heterocycles. The lowest BCUT2D eigenvalue weighted by atomic mass is 10.1. The molecule has 2 atom stereocenters. The van der Waals surface area contributed by atoms with Crippen LogP contribution in [0.4, 0.5) is 0 Å². The Balaban J connectivity index is 4.22. The molecule has 9 nitrogen and oxygen atoms in total. The quantitative estimate of drug-likeness (QED) is 0.0252. The Labute approximate surface area is 331 Å². The smallest absolute Gasteiger partial charge is 0.462 e. The average Bonchev–Trinajstić information content (AvgIpc) is 3.15. The number of aliphatic hydroxyl groups is 1. The highest BCUT2D eigenvalue weighted by Gasteiger charge is 2.22. The largest absolute Gasteiger partial charge is 0.469 e. The normalized spacial score (nSPS) is 14.3. The zero-order valence-electron chi connectivity index (χ0n) is 33.4. The van der Waals surface area contributed by atoms with Crippen LogP contribution in [-0.2, 0) is 28.2 Å². The molecular weight excluding hydrogens is 715 g/mol. The molecular formula is C45H69O9P. The van der Waals surface area contributed by atoms with Gasteiger partial charge in [-0.2, -0.15) is 0 Å². The molecule has 0 saturated heterocycles. The van der Waals surface area contributed by atoms with Gasteiger partial charge in [-0.15, -0.1) is 0 Å². The Morgan fingerprint density at radius 1 is 0.564 bits per heavy atom. The first-order valence-corrected chi connectivity index (χ1v) is 21.4. The van der Waals surface area contributed by atoms with Crippen LogP contribution >= 0.6 is 7.82 Å². The van der Waals surface area contributed by atoms with Gasteiger partial charge in [0, 0.05) is 12.8 Å². The SMILES string of the molecule is CC/C=C\C/C=C\C/C=C\C/C=C\C/C=C\C/C=C\CCC(=O)OC[C@H](COP(=O)(O)O)OC(=O)CCC/C=C\C/C=C\C/C=C\C/C=C\CC(O)CCC. The third-order valence-electron chi connectivity index (χ3n) is 7.53. The van der Waals surface area contributed by atoms with Crippen LogP contribution in [-0.4, -0.2) is 52.3 Å². The molecule has 0 aromatic carbocycles. The van der Waals surface area contributed by atoms with Gasteiger partial charge in [0.25, 0.3) is 0 Å². The molecule has 0 aliphatic carbocycles. The Morgan fingerprint density at radius 2 is 1.00 bits per heavy atom. The maximum absolute atomic E-state index is 12.4. The van der Waals surface area contributed by atoms with Crippen molar-refractivity contribution in [1.82, 2.24) is 0 Å². The van der Waals surface area contributed by atoms with Gasteiger partial charge < -0.3 is 24.4 Å². The van der Waals surface area contributed by atoms with E-state index in [2.05, 4.69) is 110 Å². The molecule has 0 aromatic heterocycles. The van der Waals surface area contributed by atoms with Crippen LogP contribution in [0.25, 0.3) is 0 Å². The topological polar surface area (TPSA) is 140 Å². The number of aliphatic hydroxyl groups excluding tert-OH is 1. The van der Waals surface area contributed by atoms with Gasteiger partial charge in [0.1, 0.15) is 6.61 Å². The summed E-state index contributed by atoms with van der Waals surface area (Å²) >= 11 is 0. The van der Waals surface area contributed by atoms with E-state index in [1.165, 1.54) is 0 Å². The first-order valence-electron chi connectivity index (χ1n) is 19.9. The van der Waals surface area contributed by atoms with Crippen molar-refractivity contribution in [2.24, 2.45) is 0 Å². The molecule has 0 saturated carbocycles. The van der Waals surface area contributed by atoms with Crippen molar-refractivity contribution in [3.05, 3.63) is 122 Å². The minimum absolute atomic E-state index is 0.0972. The van der Waals surface area contributed by atoms with Gasteiger partial charge in [0.05, 0.1) is 12.7 Å². The summed E-state index contributed by atoms with van der Waals surface area (Å²) in [7, 11) is -4.80. The van der Waals surface area contributed by atoms with E-state index in [1.807, 2.05) is 30.4 Å². The number of hydrogen-bond acceptors (Lipinski definition) is 7. The second kappa shape index (κ2) is 38.7. The van der Waals surface area contributed by atoms with Crippen molar-refractivity contribution in [2.45, 2.75) is 135 Å². The van der Waals surface area contributed by atoms with Gasteiger partial charge in [-0.1, -0.05) is 142 Å². The van der Waals surface area contributed by atoms with Crippen LogP contribution in [0.15, 0.2) is 122 Å². The summed E-state index contributed by atoms with van der Waals surface area (Å²) in [6, 6.07) is 0. The third kappa shape index (κ3) is 41.4. The van der Waals surface area contributed by atoms with Crippen molar-refractivity contribution >= 4 is 19.8 Å². The molecule has 0 radical (unpaired) electrons. The maximum Gasteiger partial charge on any atom is 0.469 e. The second-order valence-corrected chi connectivity index (χ2v) is 13.9. The highest BCUT2D eigenvalue weighted by molar-refractivity contribution is 7.46. The minimum atomic E-state index is -4.80. The number of unbranched alkanes of at least 4 members (excludes halogenated alkanes) is 1. The molecule has 1 unspecified atom stereocenters. The molecule has 10 heteroatoms. The van der Waals surface area contributed by atoms with E-state index in [9.17, 15) is 19.3 Å². The summed E-state index contributed by atoms with van der Waals surface area (Å²) in [6.07, 6.45) is 52.8. The lowest BCUT2D eigenvalue weighted by molar-refractivity contribution is -0.161. The molecule has 0 amide bonds. The molecule has 3 N–H and O–H groups in total. The maximum atomic E-state index is 12.4. The van der Waals surface area contributed by atoms with Gasteiger partial charge in [0.2, 0.25) is 0 Å². The lowest BCUT2D eigenvalue weighted by Gasteiger charge is -2.18. The molecule has 308 valence electrons. The number of hydrogen-bond donors (Lipinski definition) is 3. The average molecular weight is 785 g/mol. The van der Waals surface area contributed by atoms with E-state index in [1.54, 1.807) is 0 Å². The summed E-state index contributed by atoms with van der Waals surface area (Å²) < 4.78 is 26.2. The predicted octanol–water partition coefficient (Wildman–Crippen LogP) is 11.1. The molecule has 0 aromatic rings. The van der Waals surface area contributed by atoms with Gasteiger partial charge in [-0.25, -0.2) is 4.57 Å². The highest BCUT2D eigenvalue weighted by atomic mass is 31.2. The van der Waals surface area contributed by atoms with Crippen LogP contribution in [0.5, 0.6) is 0 Å². The van der Waals surface area contributed by atoms with Crippen LogP contribution in [0, 0.1) is 0 Å². The second-order valence-electron chi connectivity index (χ2n) is 12.7. The van der Waals surface area contributed by atoms with Gasteiger partial charge >= 0.3 is 19.8 Å². The fraction of sp³-hybridized carbons (Fsp3) is 0.511. The van der Waals surface area contributed by atoms with Gasteiger partial charge in [0.15, 0.2) is 6.10 Å². The summed E-state index contributed by atoms with van der Waals surface area (Å²) in [5, 5.41) is 9.70. The van der Waals surface area contributed by atoms with Gasteiger partial charge in [-0.05, 0) is 89.9 Å². The van der Waals surface area contributed by atoms with E-state index in [4.69, 9.17) is 19.3 Å². The van der Waals surface area contributed by atoms with Crippen molar-refractivity contribution in [3.8, 4) is 0 Å². The van der Waals surface area contributed by atoms with E-state index in [-0.39, 0.29) is 25.6 Å². The molecule has 0 aliphatic rings. The minimum Gasteiger partial charge on any atom is -0.462 e. The Morgan fingerprint density at radius 3 is 1.45 bits per heavy atom. The number of phosphoric acid groups is 1. The number of esters is 2. The molecule has 0 rings (SSSR count). The summed E-state index contributed by atoms with van der Waals surface area (Å²) in [5.74, 6) is -1.08. The van der Waals surface area contributed by atoms with E-state index >= 15 is 0 Å². The number of allylic oxidation sites excluding steroid dienone is 19. The molecule has 0 fully saturated rings. The van der Waals surface area contributed by atoms with Crippen molar-refractivity contribution < 1.29 is 43.0 Å². The highest BCUT2D eigenvalue weighted by Crippen LogP contribution is 2.35. The summed E-state index contributed by atoms with van der Waals surface area (Å²) in [6.45, 7) is 3.23. The standard InChI is InChI=1S/C45H69O9P/c1-3-5-6-7-8-9-10-11-12-13-14-15-16-19-22-25-28-31-34-38-44(47)52-40-43(41-53-55(49,50)51)54-45(48)39-35-32-29-26-23-20-17-18-21-24-27-30-33-37-42(46)36-4-2/h5-6,8-9,11-12,14-15,17,19-22,24,26,28-31,33,42-43,46H,3-4,7,10,13,16,18,23,25,27,32,34-41H2,1-2H3,(H2,49,50,51)/b6-5-,9-8-,12-11-,15-14-,20-17-,22-19-,24-21-,29-26-,31-28-,33-30-/t42?,43-/m1/s1. The van der Waals surface area contributed by atoms with Crippen molar-refractivity contribution in [2.75, 3.05) is 13.2 Å². The van der Waals surface area contributed by atoms with E-state index in [0.29, 0.717) is 25.7 Å². The fourth-order valence-electron chi connectivity index (χ4n) is 4.64. The molecule has 0 bridgehead atoms. The Bertz CT molecular complexity index is 1310. The molecule has 0 spiro atoms. The first kappa shape index (κ1) is 51.4. The third-order valence-corrected chi connectivity index (χ3v) is 8.02. The van der Waals surface area contributed by atoms with Crippen LogP contribution in [0.3, 0.4) is 0 Å². The molecule has 55 heavy (non-hydrogen) atoms. The van der Waals surface area contributed by atoms with Crippen molar-refractivity contribution in [1.29, 1.82) is 0 Å². The van der Waals surface area contributed by atoms with E-state index in [0.717, 1.165) is 70.6 Å². The van der Waals surface area contributed by atoms with Crippen LogP contribution in [0.1, 0.15) is 123 Å². The van der Waals surface area contributed by atoms with Crippen molar-refractivity contribution in [3.63, 3.8) is 0 Å². The first-order chi connectivity index (χ1) is 26.7. The zero-order chi connectivity index (χ0) is 40.5. The zero-order valence-corrected chi connectivity index (χ0v) is 34.3. The predicted molar refractivity (Wildman–Crippen MR) is 226 cm³/mol. The van der Waals surface area contributed by atoms with Gasteiger partial charge in [-0.3, -0.25) is 14.1 Å². The summed E-state index contributed by atoms with van der Waals surface area (Å²) in [5.41, 5.74) is 0. The number of phosphoric ester groups is 1. The Kier molecular flexibility index (Phi) is 36.2. The summed E-state index contributed by atoms with van der Waals surface area (Å²) in [4.78, 5) is 42.7. The monoisotopic (exact) mass is 784 g/mol. The number of carbonyl (C=O) groups excluding carboxylic acids is 2. The lowest BCUT2D eigenvalue weighted by Crippen LogP contribution is -2.29. The molecule has 0 heterocycles. The van der Waals surface area contributed by atoms with Crippen LogP contribution < -0.4 is 0 Å².